The number of aromatic amines is 1. The van der Waals surface area contributed by atoms with Crippen molar-refractivity contribution in [2.45, 2.75) is 19.4 Å². The zero-order valence-corrected chi connectivity index (χ0v) is 19.2. The number of rotatable bonds is 8. The van der Waals surface area contributed by atoms with Crippen LogP contribution in [0, 0.1) is 12.7 Å². The summed E-state index contributed by atoms with van der Waals surface area (Å²) in [7, 11) is 3.34. The number of aromatic nitrogens is 6. The van der Waals surface area contributed by atoms with Crippen LogP contribution in [-0.4, -0.2) is 81.3 Å². The van der Waals surface area contributed by atoms with Gasteiger partial charge in [-0.05, 0) is 19.1 Å². The normalized spacial score (nSPS) is 14.5. The number of H-pyrrole nitrogens is 1. The molecule has 3 N–H and O–H groups in total. The number of aryl methyl sites for hydroxylation is 1. The Morgan fingerprint density at radius 2 is 2.00 bits per heavy atom. The molecule has 1 unspecified atom stereocenters. The van der Waals surface area contributed by atoms with E-state index in [0.29, 0.717) is 43.8 Å². The van der Waals surface area contributed by atoms with Gasteiger partial charge in [-0.3, -0.25) is 14.9 Å². The Bertz CT molecular complexity index is 1110. The summed E-state index contributed by atoms with van der Waals surface area (Å²) in [5.74, 6) is 0.958. The monoisotopic (exact) mass is 470 g/mol. The zero-order valence-electron chi connectivity index (χ0n) is 19.2. The molecule has 0 saturated carbocycles. The summed E-state index contributed by atoms with van der Waals surface area (Å²) in [6, 6.07) is 4.07. The van der Waals surface area contributed by atoms with Gasteiger partial charge in [0.1, 0.15) is 5.82 Å². The van der Waals surface area contributed by atoms with Gasteiger partial charge in [0.05, 0.1) is 37.6 Å². The number of ether oxygens (including phenoxy) is 1. The van der Waals surface area contributed by atoms with Crippen LogP contribution in [-0.2, 0) is 9.53 Å². The maximum atomic E-state index is 13.5. The van der Waals surface area contributed by atoms with Gasteiger partial charge < -0.3 is 25.2 Å². The predicted molar refractivity (Wildman–Crippen MR) is 123 cm³/mol. The van der Waals surface area contributed by atoms with Crippen molar-refractivity contribution in [1.82, 2.24) is 35.0 Å². The van der Waals surface area contributed by atoms with Crippen LogP contribution >= 0.6 is 0 Å². The van der Waals surface area contributed by atoms with Crippen LogP contribution < -0.4 is 15.5 Å². The fourth-order valence-electron chi connectivity index (χ4n) is 3.32. The highest BCUT2D eigenvalue weighted by molar-refractivity contribution is 5.76. The Morgan fingerprint density at radius 1 is 1.24 bits per heavy atom. The Kier molecular flexibility index (Phi) is 7.11. The van der Waals surface area contributed by atoms with E-state index in [1.54, 1.807) is 14.1 Å². The first kappa shape index (κ1) is 23.3. The SMILES string of the molecule is Cc1cc(Nc2nc(NC(CC(=O)N(C)C)c3ccc(F)cn3)nc(N3CCOCC3)n2)n[nH]1. The van der Waals surface area contributed by atoms with Crippen LogP contribution in [0.4, 0.5) is 28.1 Å². The van der Waals surface area contributed by atoms with E-state index in [1.165, 1.54) is 17.0 Å². The van der Waals surface area contributed by atoms with Gasteiger partial charge >= 0.3 is 0 Å². The maximum absolute atomic E-state index is 13.5. The summed E-state index contributed by atoms with van der Waals surface area (Å²) in [5, 5.41) is 13.3. The summed E-state index contributed by atoms with van der Waals surface area (Å²) >= 11 is 0. The van der Waals surface area contributed by atoms with Gasteiger partial charge in [-0.2, -0.15) is 20.1 Å². The Balaban J connectivity index is 1.66. The number of carbonyl (C=O) groups excluding carboxylic acids is 1. The van der Waals surface area contributed by atoms with Crippen LogP contribution in [0.2, 0.25) is 0 Å². The summed E-state index contributed by atoms with van der Waals surface area (Å²) in [6.45, 7) is 4.28. The molecule has 4 heterocycles. The number of nitrogens with one attached hydrogen (secondary N) is 3. The van der Waals surface area contributed by atoms with E-state index in [9.17, 15) is 9.18 Å². The smallest absolute Gasteiger partial charge is 0.235 e. The molecule has 3 aromatic heterocycles. The number of nitrogens with zero attached hydrogens (tertiary/aromatic N) is 7. The largest absolute Gasteiger partial charge is 0.378 e. The molecule has 180 valence electrons. The first-order chi connectivity index (χ1) is 16.4. The zero-order chi connectivity index (χ0) is 24.1. The number of hydrogen-bond donors (Lipinski definition) is 3. The van der Waals surface area contributed by atoms with E-state index >= 15 is 0 Å². The van der Waals surface area contributed by atoms with Crippen molar-refractivity contribution >= 4 is 29.6 Å². The highest BCUT2D eigenvalue weighted by Crippen LogP contribution is 2.24. The lowest BCUT2D eigenvalue weighted by Crippen LogP contribution is -2.37. The molecule has 1 fully saturated rings. The third kappa shape index (κ3) is 5.92. The molecule has 3 aromatic rings. The standard InChI is InChI=1S/C21H27FN10O2/c1-13-10-17(30-29-13)25-20-26-19(27-21(28-20)32-6-8-34-9-7-32)24-16(11-18(33)31(2)3)15-5-4-14(22)12-23-15/h4-5,10,12,16H,6-9,11H2,1-3H3,(H3,24,25,26,27,28,29,30). The molecule has 1 aliphatic rings. The minimum absolute atomic E-state index is 0.0749. The van der Waals surface area contributed by atoms with Crippen LogP contribution in [0.25, 0.3) is 0 Å². The Hall–Kier alpha value is -3.87. The molecule has 1 amide bonds. The van der Waals surface area contributed by atoms with Gasteiger partial charge in [0.2, 0.25) is 23.8 Å². The number of morpholine rings is 1. The second-order valence-corrected chi connectivity index (χ2v) is 8.03. The van der Waals surface area contributed by atoms with E-state index in [0.717, 1.165) is 11.9 Å². The molecule has 0 bridgehead atoms. The van der Waals surface area contributed by atoms with Crippen molar-refractivity contribution in [3.63, 3.8) is 0 Å². The molecule has 4 rings (SSSR count). The van der Waals surface area contributed by atoms with Crippen molar-refractivity contribution in [1.29, 1.82) is 0 Å². The van der Waals surface area contributed by atoms with Gasteiger partial charge in [0.25, 0.3) is 0 Å². The third-order valence-electron chi connectivity index (χ3n) is 5.15. The second-order valence-electron chi connectivity index (χ2n) is 8.03. The van der Waals surface area contributed by atoms with Gasteiger partial charge in [0.15, 0.2) is 5.82 Å². The van der Waals surface area contributed by atoms with E-state index in [-0.39, 0.29) is 24.2 Å². The minimum atomic E-state index is -0.587. The highest BCUT2D eigenvalue weighted by atomic mass is 19.1. The molecule has 0 radical (unpaired) electrons. The molecule has 0 aromatic carbocycles. The van der Waals surface area contributed by atoms with Crippen LogP contribution in [0.5, 0.6) is 0 Å². The molecule has 13 heteroatoms. The predicted octanol–water partition coefficient (Wildman–Crippen LogP) is 1.65. The second kappa shape index (κ2) is 10.4. The van der Waals surface area contributed by atoms with E-state index in [4.69, 9.17) is 4.74 Å². The summed E-state index contributed by atoms with van der Waals surface area (Å²) in [4.78, 5) is 33.7. The summed E-state index contributed by atoms with van der Waals surface area (Å²) < 4.78 is 18.9. The van der Waals surface area contributed by atoms with Crippen molar-refractivity contribution in [3.8, 4) is 0 Å². The molecule has 1 atom stereocenters. The van der Waals surface area contributed by atoms with E-state index in [2.05, 4.69) is 40.8 Å². The molecule has 1 aliphatic heterocycles. The number of hydrogen-bond acceptors (Lipinski definition) is 10. The van der Waals surface area contributed by atoms with E-state index < -0.39 is 11.9 Å². The van der Waals surface area contributed by atoms with E-state index in [1.807, 2.05) is 17.9 Å². The molecule has 34 heavy (non-hydrogen) atoms. The van der Waals surface area contributed by atoms with Crippen LogP contribution in [0.3, 0.4) is 0 Å². The highest BCUT2D eigenvalue weighted by Gasteiger charge is 2.22. The maximum Gasteiger partial charge on any atom is 0.235 e. The lowest BCUT2D eigenvalue weighted by Gasteiger charge is -2.27. The van der Waals surface area contributed by atoms with Crippen LogP contribution in [0.15, 0.2) is 24.4 Å². The molecule has 0 aliphatic carbocycles. The molecule has 1 saturated heterocycles. The topological polar surface area (TPSA) is 137 Å². The lowest BCUT2D eigenvalue weighted by molar-refractivity contribution is -0.128. The Morgan fingerprint density at radius 3 is 2.65 bits per heavy atom. The van der Waals surface area contributed by atoms with Gasteiger partial charge in [-0.1, -0.05) is 0 Å². The quantitative estimate of drug-likeness (QED) is 0.446. The van der Waals surface area contributed by atoms with Gasteiger partial charge in [0, 0.05) is 38.9 Å². The number of pyridine rings is 1. The number of amides is 1. The average Bonchev–Trinajstić information content (AvgIpc) is 3.23. The Labute approximate surface area is 196 Å². The number of carbonyl (C=O) groups is 1. The number of halogens is 1. The van der Waals surface area contributed by atoms with Crippen molar-refractivity contribution < 1.29 is 13.9 Å². The van der Waals surface area contributed by atoms with Gasteiger partial charge in [-0.15, -0.1) is 0 Å². The minimum Gasteiger partial charge on any atom is -0.378 e. The summed E-state index contributed by atoms with van der Waals surface area (Å²) in [6.07, 6.45) is 1.19. The first-order valence-corrected chi connectivity index (χ1v) is 10.8. The third-order valence-corrected chi connectivity index (χ3v) is 5.15. The molecular weight excluding hydrogens is 443 g/mol. The summed E-state index contributed by atoms with van der Waals surface area (Å²) in [5.41, 5.74) is 1.37. The van der Waals surface area contributed by atoms with Crippen molar-refractivity contribution in [2.24, 2.45) is 0 Å². The van der Waals surface area contributed by atoms with Crippen LogP contribution in [0.1, 0.15) is 23.9 Å². The fraction of sp³-hybridized carbons (Fsp3) is 0.429. The first-order valence-electron chi connectivity index (χ1n) is 10.8. The van der Waals surface area contributed by atoms with Crippen molar-refractivity contribution in [3.05, 3.63) is 41.6 Å². The van der Waals surface area contributed by atoms with Gasteiger partial charge in [-0.25, -0.2) is 4.39 Å². The lowest BCUT2D eigenvalue weighted by atomic mass is 10.1. The average molecular weight is 471 g/mol. The molecule has 0 spiro atoms. The number of anilines is 4. The fourth-order valence-corrected chi connectivity index (χ4v) is 3.32. The molecular formula is C21H27FN10O2. The molecule has 12 nitrogen and oxygen atoms in total. The van der Waals surface area contributed by atoms with Crippen molar-refractivity contribution in [2.75, 3.05) is 55.9 Å².